The van der Waals surface area contributed by atoms with Crippen LogP contribution in [0.25, 0.3) is 0 Å². The predicted octanol–water partition coefficient (Wildman–Crippen LogP) is 3.93. The number of aromatic nitrogens is 1. The molecule has 90 valence electrons. The van der Waals surface area contributed by atoms with Crippen molar-refractivity contribution in [2.75, 3.05) is 6.54 Å². The van der Waals surface area contributed by atoms with Gasteiger partial charge in [0.25, 0.3) is 0 Å². The third-order valence-corrected chi connectivity index (χ3v) is 4.53. The Kier molecular flexibility index (Phi) is 4.71. The number of nitrogens with zero attached hydrogens (tertiary/aromatic N) is 2. The van der Waals surface area contributed by atoms with Crippen molar-refractivity contribution in [3.05, 3.63) is 50.9 Å². The lowest BCUT2D eigenvalue weighted by atomic mass is 10.3. The van der Waals surface area contributed by atoms with Gasteiger partial charge in [-0.15, -0.1) is 11.3 Å². The molecule has 0 aromatic carbocycles. The van der Waals surface area contributed by atoms with Crippen molar-refractivity contribution in [1.29, 1.82) is 0 Å². The highest BCUT2D eigenvalue weighted by molar-refractivity contribution is 9.10. The molecule has 17 heavy (non-hydrogen) atoms. The number of hydrogen-bond acceptors (Lipinski definition) is 3. The van der Waals surface area contributed by atoms with Gasteiger partial charge in [-0.3, -0.25) is 9.88 Å². The zero-order valence-electron chi connectivity index (χ0n) is 9.77. The van der Waals surface area contributed by atoms with Gasteiger partial charge in [0.1, 0.15) is 0 Å². The summed E-state index contributed by atoms with van der Waals surface area (Å²) in [6.07, 6.45) is 1.85. The van der Waals surface area contributed by atoms with Gasteiger partial charge in [0.05, 0.1) is 5.69 Å². The van der Waals surface area contributed by atoms with Gasteiger partial charge in [-0.25, -0.2) is 0 Å². The summed E-state index contributed by atoms with van der Waals surface area (Å²) in [7, 11) is 0. The maximum Gasteiger partial charge on any atom is 0.0544 e. The van der Waals surface area contributed by atoms with Gasteiger partial charge in [0, 0.05) is 28.6 Å². The van der Waals surface area contributed by atoms with E-state index in [2.05, 4.69) is 50.3 Å². The summed E-state index contributed by atoms with van der Waals surface area (Å²) in [5, 5.41) is 2.12. The van der Waals surface area contributed by atoms with Gasteiger partial charge < -0.3 is 0 Å². The van der Waals surface area contributed by atoms with Gasteiger partial charge in [-0.1, -0.05) is 13.0 Å². The van der Waals surface area contributed by atoms with Crippen LogP contribution in [-0.4, -0.2) is 16.4 Å². The van der Waals surface area contributed by atoms with Crippen LogP contribution in [0.15, 0.2) is 40.3 Å². The largest absolute Gasteiger partial charge is 0.293 e. The quantitative estimate of drug-likeness (QED) is 0.832. The average molecular weight is 311 g/mol. The number of rotatable bonds is 5. The maximum atomic E-state index is 4.37. The molecule has 2 aromatic rings. The first kappa shape index (κ1) is 12.7. The molecule has 0 unspecified atom stereocenters. The van der Waals surface area contributed by atoms with Gasteiger partial charge in [0.2, 0.25) is 0 Å². The summed E-state index contributed by atoms with van der Waals surface area (Å²) in [6, 6.07) is 8.17. The molecule has 0 radical (unpaired) electrons. The molecule has 4 heteroatoms. The fourth-order valence-corrected chi connectivity index (χ4v) is 3.16. The van der Waals surface area contributed by atoms with Crippen molar-refractivity contribution in [2.24, 2.45) is 0 Å². The Morgan fingerprint density at radius 1 is 1.29 bits per heavy atom. The molecule has 0 atom stereocenters. The van der Waals surface area contributed by atoms with Crippen LogP contribution in [0.3, 0.4) is 0 Å². The molecule has 0 fully saturated rings. The highest BCUT2D eigenvalue weighted by Crippen LogP contribution is 2.24. The number of halogens is 1. The molecule has 2 rings (SSSR count). The summed E-state index contributed by atoms with van der Waals surface area (Å²) in [5.74, 6) is 0. The first-order valence-electron chi connectivity index (χ1n) is 5.63. The monoisotopic (exact) mass is 310 g/mol. The molecule has 2 heterocycles. The Balaban J connectivity index is 2.00. The molecule has 0 saturated carbocycles. The molecule has 0 saturated heterocycles. The molecule has 0 spiro atoms. The lowest BCUT2D eigenvalue weighted by Gasteiger charge is -2.19. The lowest BCUT2D eigenvalue weighted by Crippen LogP contribution is -2.22. The summed E-state index contributed by atoms with van der Waals surface area (Å²) in [6.45, 7) is 5.10. The van der Waals surface area contributed by atoms with E-state index in [0.29, 0.717) is 0 Å². The predicted molar refractivity (Wildman–Crippen MR) is 76.0 cm³/mol. The van der Waals surface area contributed by atoms with Crippen molar-refractivity contribution in [3.63, 3.8) is 0 Å². The van der Waals surface area contributed by atoms with Crippen molar-refractivity contribution in [2.45, 2.75) is 20.0 Å². The normalized spacial score (nSPS) is 11.0. The van der Waals surface area contributed by atoms with Crippen LogP contribution >= 0.6 is 27.3 Å². The van der Waals surface area contributed by atoms with E-state index in [1.54, 1.807) is 11.3 Å². The molecule has 0 amide bonds. The average Bonchev–Trinajstić information content (AvgIpc) is 2.75. The Morgan fingerprint density at radius 3 is 2.76 bits per heavy atom. The van der Waals surface area contributed by atoms with Crippen LogP contribution in [0.4, 0.5) is 0 Å². The first-order chi connectivity index (χ1) is 8.29. The molecule has 0 N–H and O–H groups in total. The zero-order valence-corrected chi connectivity index (χ0v) is 12.2. The van der Waals surface area contributed by atoms with Crippen molar-refractivity contribution in [1.82, 2.24) is 9.88 Å². The number of thiophene rings is 1. The second kappa shape index (κ2) is 6.28. The van der Waals surface area contributed by atoms with Gasteiger partial charge in [0.15, 0.2) is 0 Å². The van der Waals surface area contributed by atoms with Crippen LogP contribution in [0, 0.1) is 0 Å². The summed E-state index contributed by atoms with van der Waals surface area (Å²) in [4.78, 5) is 8.13. The fraction of sp³-hybridized carbons (Fsp3) is 0.308. The molecule has 2 nitrogen and oxygen atoms in total. The molecular weight excluding hydrogens is 296 g/mol. The third kappa shape index (κ3) is 3.63. The fourth-order valence-electron chi connectivity index (χ4n) is 1.64. The van der Waals surface area contributed by atoms with Gasteiger partial charge in [-0.2, -0.15) is 0 Å². The minimum Gasteiger partial charge on any atom is -0.293 e. The lowest BCUT2D eigenvalue weighted by molar-refractivity contribution is 0.270. The standard InChI is InChI=1S/C13H15BrN2S/c1-2-16(9-11-5-3-4-7-15-11)10-13-12(14)6-8-17-13/h3-8H,2,9-10H2,1H3. The van der Waals surface area contributed by atoms with E-state index in [0.717, 1.165) is 25.3 Å². The molecule has 2 aromatic heterocycles. The van der Waals surface area contributed by atoms with Crippen LogP contribution in [0.2, 0.25) is 0 Å². The highest BCUT2D eigenvalue weighted by atomic mass is 79.9. The second-order valence-electron chi connectivity index (χ2n) is 3.82. The smallest absolute Gasteiger partial charge is 0.0544 e. The van der Waals surface area contributed by atoms with Crippen LogP contribution in [-0.2, 0) is 13.1 Å². The number of hydrogen-bond donors (Lipinski definition) is 0. The first-order valence-corrected chi connectivity index (χ1v) is 7.31. The van der Waals surface area contributed by atoms with E-state index >= 15 is 0 Å². The van der Waals surface area contributed by atoms with E-state index < -0.39 is 0 Å². The van der Waals surface area contributed by atoms with E-state index in [1.165, 1.54) is 9.35 Å². The summed E-state index contributed by atoms with van der Waals surface area (Å²) in [5.41, 5.74) is 1.13. The second-order valence-corrected chi connectivity index (χ2v) is 5.67. The molecule has 0 aliphatic heterocycles. The van der Waals surface area contributed by atoms with Gasteiger partial charge >= 0.3 is 0 Å². The van der Waals surface area contributed by atoms with Crippen molar-refractivity contribution in [3.8, 4) is 0 Å². The topological polar surface area (TPSA) is 16.1 Å². The van der Waals surface area contributed by atoms with E-state index in [-0.39, 0.29) is 0 Å². The molecule has 0 bridgehead atoms. The SMILES string of the molecule is CCN(Cc1ccccn1)Cc1sccc1Br. The van der Waals surface area contributed by atoms with Crippen molar-refractivity contribution < 1.29 is 0 Å². The Morgan fingerprint density at radius 2 is 2.18 bits per heavy atom. The zero-order chi connectivity index (χ0) is 12.1. The van der Waals surface area contributed by atoms with Crippen molar-refractivity contribution >= 4 is 27.3 Å². The maximum absolute atomic E-state index is 4.37. The van der Waals surface area contributed by atoms with Crippen LogP contribution in [0.5, 0.6) is 0 Å². The van der Waals surface area contributed by atoms with E-state index in [4.69, 9.17) is 0 Å². The summed E-state index contributed by atoms with van der Waals surface area (Å²) >= 11 is 5.37. The Bertz CT molecular complexity index is 455. The summed E-state index contributed by atoms with van der Waals surface area (Å²) < 4.78 is 1.21. The van der Waals surface area contributed by atoms with E-state index in [9.17, 15) is 0 Å². The Labute approximate surface area is 114 Å². The number of pyridine rings is 1. The third-order valence-electron chi connectivity index (χ3n) is 2.62. The van der Waals surface area contributed by atoms with Gasteiger partial charge in [-0.05, 0) is 46.1 Å². The minimum absolute atomic E-state index is 0.904. The molecule has 0 aliphatic carbocycles. The van der Waals surface area contributed by atoms with E-state index in [1.807, 2.05) is 18.3 Å². The van der Waals surface area contributed by atoms with Crippen LogP contribution in [0.1, 0.15) is 17.5 Å². The molecular formula is C13H15BrN2S. The molecule has 0 aliphatic rings. The van der Waals surface area contributed by atoms with Crippen LogP contribution < -0.4 is 0 Å². The Hall–Kier alpha value is -0.710. The minimum atomic E-state index is 0.904. The highest BCUT2D eigenvalue weighted by Gasteiger charge is 2.08.